The third-order valence-corrected chi connectivity index (χ3v) is 3.67. The molecule has 0 bridgehead atoms. The van der Waals surface area contributed by atoms with Crippen LogP contribution in [-0.4, -0.2) is 38.1 Å². The lowest BCUT2D eigenvalue weighted by Crippen LogP contribution is -2.36. The van der Waals surface area contributed by atoms with Crippen molar-refractivity contribution < 1.29 is 9.59 Å². The normalized spacial score (nSPS) is 13.6. The lowest BCUT2D eigenvalue weighted by molar-refractivity contribution is -0.136. The van der Waals surface area contributed by atoms with Crippen molar-refractivity contribution in [2.24, 2.45) is 7.05 Å². The Morgan fingerprint density at radius 2 is 2.00 bits per heavy atom. The van der Waals surface area contributed by atoms with Gasteiger partial charge in [-0.3, -0.25) is 14.3 Å². The summed E-state index contributed by atoms with van der Waals surface area (Å²) in [5, 5.41) is 9.30. The van der Waals surface area contributed by atoms with Gasteiger partial charge in [-0.2, -0.15) is 5.10 Å². The average molecular weight is 314 g/mol. The highest BCUT2D eigenvalue weighted by atomic mass is 16.2. The first-order chi connectivity index (χ1) is 11.1. The van der Waals surface area contributed by atoms with E-state index in [0.717, 1.165) is 24.1 Å². The van der Waals surface area contributed by atoms with Crippen molar-refractivity contribution in [1.82, 2.24) is 25.1 Å². The molecule has 2 heterocycles. The molecule has 0 spiro atoms. The molecule has 0 radical (unpaired) electrons. The Morgan fingerprint density at radius 1 is 1.26 bits per heavy atom. The fraction of sp³-hybridized carbons (Fsp3) is 0.400. The second-order valence-electron chi connectivity index (χ2n) is 5.56. The van der Waals surface area contributed by atoms with E-state index in [1.165, 1.54) is 6.33 Å². The fourth-order valence-electron chi connectivity index (χ4n) is 2.34. The number of rotatable bonds is 5. The van der Waals surface area contributed by atoms with E-state index < -0.39 is 11.8 Å². The van der Waals surface area contributed by atoms with E-state index in [4.69, 9.17) is 0 Å². The first kappa shape index (κ1) is 15.1. The molecular formula is C15H18N6O2. The third-order valence-electron chi connectivity index (χ3n) is 3.67. The zero-order valence-corrected chi connectivity index (χ0v) is 12.8. The Morgan fingerprint density at radius 3 is 2.70 bits per heavy atom. The van der Waals surface area contributed by atoms with Crippen molar-refractivity contribution in [2.45, 2.75) is 25.2 Å². The van der Waals surface area contributed by atoms with Crippen LogP contribution in [0.4, 0.5) is 5.82 Å². The number of carbonyl (C=O) groups is 2. The molecule has 0 unspecified atom stereocenters. The fourth-order valence-corrected chi connectivity index (χ4v) is 2.34. The summed E-state index contributed by atoms with van der Waals surface area (Å²) in [5.41, 5.74) is 1.98. The molecule has 2 amide bonds. The van der Waals surface area contributed by atoms with Crippen LogP contribution < -0.4 is 10.6 Å². The van der Waals surface area contributed by atoms with Crippen molar-refractivity contribution in [2.75, 3.05) is 11.9 Å². The van der Waals surface area contributed by atoms with E-state index in [9.17, 15) is 9.59 Å². The summed E-state index contributed by atoms with van der Waals surface area (Å²) < 4.78 is 1.75. The molecule has 2 aromatic rings. The monoisotopic (exact) mass is 314 g/mol. The molecule has 0 saturated heterocycles. The number of nitrogens with one attached hydrogen (secondary N) is 2. The van der Waals surface area contributed by atoms with Crippen LogP contribution in [0.15, 0.2) is 24.8 Å². The van der Waals surface area contributed by atoms with Gasteiger partial charge in [0.2, 0.25) is 0 Å². The molecule has 23 heavy (non-hydrogen) atoms. The minimum Gasteiger partial charge on any atom is -0.347 e. The van der Waals surface area contributed by atoms with Crippen LogP contribution in [0.3, 0.4) is 0 Å². The number of aryl methyl sites for hydroxylation is 1. The van der Waals surface area contributed by atoms with Crippen molar-refractivity contribution in [3.8, 4) is 0 Å². The number of anilines is 1. The van der Waals surface area contributed by atoms with Crippen molar-refractivity contribution in [3.05, 3.63) is 36.0 Å². The van der Waals surface area contributed by atoms with Crippen LogP contribution in [0.2, 0.25) is 0 Å². The van der Waals surface area contributed by atoms with Gasteiger partial charge in [0.05, 0.1) is 0 Å². The molecule has 2 N–H and O–H groups in total. The Labute approximate surface area is 133 Å². The lowest BCUT2D eigenvalue weighted by atomic mass is 10.2. The topological polar surface area (TPSA) is 102 Å². The number of hydrogen-bond donors (Lipinski definition) is 2. The van der Waals surface area contributed by atoms with Gasteiger partial charge in [0.15, 0.2) is 5.82 Å². The highest BCUT2D eigenvalue weighted by Crippen LogP contribution is 2.40. The van der Waals surface area contributed by atoms with E-state index in [1.54, 1.807) is 17.1 Å². The first-order valence-corrected chi connectivity index (χ1v) is 7.50. The second-order valence-corrected chi connectivity index (χ2v) is 5.56. The van der Waals surface area contributed by atoms with Gasteiger partial charge in [-0.15, -0.1) is 0 Å². The second kappa shape index (κ2) is 6.55. The summed E-state index contributed by atoms with van der Waals surface area (Å²) in [6.07, 6.45) is 7.65. The minimum absolute atomic E-state index is 0.342. The van der Waals surface area contributed by atoms with Crippen molar-refractivity contribution in [3.63, 3.8) is 0 Å². The number of carbonyl (C=O) groups excluding carboxylic acids is 2. The van der Waals surface area contributed by atoms with E-state index >= 15 is 0 Å². The van der Waals surface area contributed by atoms with Crippen LogP contribution in [0.5, 0.6) is 0 Å². The van der Waals surface area contributed by atoms with E-state index in [0.29, 0.717) is 24.7 Å². The summed E-state index contributed by atoms with van der Waals surface area (Å²) >= 11 is 0. The predicted molar refractivity (Wildman–Crippen MR) is 82.6 cm³/mol. The highest BCUT2D eigenvalue weighted by Gasteiger charge is 2.27. The Kier molecular flexibility index (Phi) is 4.31. The van der Waals surface area contributed by atoms with Gasteiger partial charge in [-0.05, 0) is 24.8 Å². The third kappa shape index (κ3) is 3.91. The number of aromatic nitrogens is 4. The molecule has 1 fully saturated rings. The van der Waals surface area contributed by atoms with Gasteiger partial charge in [-0.25, -0.2) is 9.97 Å². The molecule has 8 heteroatoms. The Balaban J connectivity index is 1.47. The molecule has 0 aliphatic heterocycles. The zero-order chi connectivity index (χ0) is 16.2. The molecule has 0 aromatic carbocycles. The maximum absolute atomic E-state index is 11.9. The summed E-state index contributed by atoms with van der Waals surface area (Å²) in [4.78, 5) is 31.4. The van der Waals surface area contributed by atoms with Gasteiger partial charge in [0.25, 0.3) is 0 Å². The number of amides is 2. The molecule has 8 nitrogen and oxygen atoms in total. The molecule has 120 valence electrons. The molecule has 0 atom stereocenters. The predicted octanol–water partition coefficient (Wildman–Crippen LogP) is 0.385. The van der Waals surface area contributed by atoms with E-state index in [2.05, 4.69) is 25.7 Å². The number of nitrogens with zero attached hydrogens (tertiary/aromatic N) is 4. The van der Waals surface area contributed by atoms with Gasteiger partial charge in [0.1, 0.15) is 6.33 Å². The van der Waals surface area contributed by atoms with Gasteiger partial charge in [0, 0.05) is 43.7 Å². The SMILES string of the molecule is Cn1nc(NC(=O)C(=O)NCCc2cncnc2)cc1C1CC1. The van der Waals surface area contributed by atoms with E-state index in [-0.39, 0.29) is 0 Å². The first-order valence-electron chi connectivity index (χ1n) is 7.50. The largest absolute Gasteiger partial charge is 0.347 e. The zero-order valence-electron chi connectivity index (χ0n) is 12.8. The summed E-state index contributed by atoms with van der Waals surface area (Å²) in [5.74, 6) is -0.457. The molecule has 1 saturated carbocycles. The summed E-state index contributed by atoms with van der Waals surface area (Å²) in [6.45, 7) is 0.342. The molecule has 2 aromatic heterocycles. The summed E-state index contributed by atoms with van der Waals surface area (Å²) in [7, 11) is 1.84. The molecule has 3 rings (SSSR count). The van der Waals surface area contributed by atoms with Gasteiger partial charge in [-0.1, -0.05) is 0 Å². The van der Waals surface area contributed by atoms with Crippen LogP contribution in [0, 0.1) is 0 Å². The minimum atomic E-state index is -0.713. The standard InChI is InChI=1S/C15H18N6O2/c1-21-12(11-2-3-11)6-13(20-21)19-15(23)14(22)18-5-4-10-7-16-9-17-8-10/h6-9,11H,2-5H2,1H3,(H,18,22)(H,19,20,23). The molecular weight excluding hydrogens is 296 g/mol. The molecule has 1 aliphatic carbocycles. The lowest BCUT2D eigenvalue weighted by Gasteiger charge is -2.04. The average Bonchev–Trinajstić information content (AvgIpc) is 3.32. The Hall–Kier alpha value is -2.77. The maximum Gasteiger partial charge on any atom is 0.314 e. The van der Waals surface area contributed by atoms with Crippen LogP contribution in [-0.2, 0) is 23.1 Å². The molecule has 1 aliphatic rings. The smallest absolute Gasteiger partial charge is 0.314 e. The Bertz CT molecular complexity index is 708. The van der Waals surface area contributed by atoms with Crippen LogP contribution in [0.1, 0.15) is 30.0 Å². The van der Waals surface area contributed by atoms with Gasteiger partial charge < -0.3 is 10.6 Å². The maximum atomic E-state index is 11.9. The van der Waals surface area contributed by atoms with Crippen LogP contribution in [0.25, 0.3) is 0 Å². The quantitative estimate of drug-likeness (QED) is 0.777. The van der Waals surface area contributed by atoms with Crippen LogP contribution >= 0.6 is 0 Å². The highest BCUT2D eigenvalue weighted by molar-refractivity contribution is 6.39. The van der Waals surface area contributed by atoms with Crippen molar-refractivity contribution in [1.29, 1.82) is 0 Å². The number of hydrogen-bond acceptors (Lipinski definition) is 5. The summed E-state index contributed by atoms with van der Waals surface area (Å²) in [6, 6.07) is 1.82. The van der Waals surface area contributed by atoms with Gasteiger partial charge >= 0.3 is 11.8 Å². The van der Waals surface area contributed by atoms with E-state index in [1.807, 2.05) is 13.1 Å². The van der Waals surface area contributed by atoms with Crippen molar-refractivity contribution >= 4 is 17.6 Å².